The number of benzene rings is 1. The number of rotatable bonds is 4. The Bertz CT molecular complexity index is 372. The molecular weight excluding hydrogens is 218 g/mol. The van der Waals surface area contributed by atoms with Crippen LogP contribution in [-0.4, -0.2) is 12.6 Å². The van der Waals surface area contributed by atoms with E-state index in [2.05, 4.69) is 42.6 Å². The molecule has 0 amide bonds. The third-order valence-electron chi connectivity index (χ3n) is 4.91. The number of hydrogen-bond donors (Lipinski definition) is 1. The number of hydrogen-bond acceptors (Lipinski definition) is 1. The highest BCUT2D eigenvalue weighted by Crippen LogP contribution is 2.38. The van der Waals surface area contributed by atoms with Crippen molar-refractivity contribution in [3.8, 4) is 0 Å². The van der Waals surface area contributed by atoms with Crippen LogP contribution in [0.3, 0.4) is 0 Å². The zero-order valence-electron chi connectivity index (χ0n) is 11.4. The van der Waals surface area contributed by atoms with Gasteiger partial charge >= 0.3 is 0 Å². The maximum absolute atomic E-state index is 3.86. The van der Waals surface area contributed by atoms with Gasteiger partial charge in [0.1, 0.15) is 0 Å². The van der Waals surface area contributed by atoms with E-state index in [0.29, 0.717) is 6.04 Å². The Hall–Kier alpha value is -0.820. The van der Waals surface area contributed by atoms with Crippen molar-refractivity contribution in [1.29, 1.82) is 0 Å². The van der Waals surface area contributed by atoms with Gasteiger partial charge in [0.05, 0.1) is 0 Å². The maximum Gasteiger partial charge on any atom is 0.0136 e. The highest BCUT2D eigenvalue weighted by Gasteiger charge is 2.34. The second-order valence-corrected chi connectivity index (χ2v) is 6.29. The Morgan fingerprint density at radius 2 is 1.83 bits per heavy atom. The molecule has 0 spiro atoms. The zero-order valence-corrected chi connectivity index (χ0v) is 11.4. The topological polar surface area (TPSA) is 12.0 Å². The van der Waals surface area contributed by atoms with E-state index in [1.54, 1.807) is 5.56 Å². The van der Waals surface area contributed by atoms with Crippen molar-refractivity contribution in [3.05, 3.63) is 35.9 Å². The lowest BCUT2D eigenvalue weighted by atomic mass is 9.80. The van der Waals surface area contributed by atoms with E-state index in [0.717, 1.165) is 17.8 Å². The fraction of sp³-hybridized carbons (Fsp3) is 0.647. The predicted octanol–water partition coefficient (Wildman–Crippen LogP) is 3.96. The van der Waals surface area contributed by atoms with Crippen molar-refractivity contribution < 1.29 is 0 Å². The van der Waals surface area contributed by atoms with E-state index >= 15 is 0 Å². The van der Waals surface area contributed by atoms with Gasteiger partial charge in [-0.25, -0.2) is 0 Å². The molecule has 2 aliphatic carbocycles. The predicted molar refractivity (Wildman–Crippen MR) is 76.7 cm³/mol. The normalized spacial score (nSPS) is 35.4. The second-order valence-electron chi connectivity index (χ2n) is 6.29. The highest BCUT2D eigenvalue weighted by atomic mass is 14.9. The lowest BCUT2D eigenvalue weighted by Gasteiger charge is -2.33. The highest BCUT2D eigenvalue weighted by molar-refractivity contribution is 5.22. The van der Waals surface area contributed by atoms with Gasteiger partial charge in [-0.2, -0.15) is 0 Å². The van der Waals surface area contributed by atoms with Crippen LogP contribution in [0.15, 0.2) is 30.3 Å². The van der Waals surface area contributed by atoms with Crippen molar-refractivity contribution in [2.45, 2.75) is 51.0 Å². The Balaban J connectivity index is 1.62. The van der Waals surface area contributed by atoms with Crippen LogP contribution in [0.1, 0.15) is 50.5 Å². The fourth-order valence-electron chi connectivity index (χ4n) is 3.46. The van der Waals surface area contributed by atoms with E-state index in [-0.39, 0.29) is 0 Å². The summed E-state index contributed by atoms with van der Waals surface area (Å²) in [4.78, 5) is 0. The van der Waals surface area contributed by atoms with Gasteiger partial charge < -0.3 is 5.32 Å². The van der Waals surface area contributed by atoms with Crippen molar-refractivity contribution in [3.63, 3.8) is 0 Å². The summed E-state index contributed by atoms with van der Waals surface area (Å²) < 4.78 is 0. The van der Waals surface area contributed by atoms with E-state index in [4.69, 9.17) is 0 Å². The molecule has 0 saturated heterocycles. The van der Waals surface area contributed by atoms with Gasteiger partial charge in [0.2, 0.25) is 0 Å². The molecule has 4 unspecified atom stereocenters. The monoisotopic (exact) mass is 243 g/mol. The Labute approximate surface area is 111 Å². The summed E-state index contributed by atoms with van der Waals surface area (Å²) in [6.07, 6.45) is 6.97. The quantitative estimate of drug-likeness (QED) is 0.844. The fourth-order valence-corrected chi connectivity index (χ4v) is 3.46. The molecule has 1 heteroatoms. The van der Waals surface area contributed by atoms with E-state index in [9.17, 15) is 0 Å². The molecule has 0 bridgehead atoms. The molecule has 2 fully saturated rings. The van der Waals surface area contributed by atoms with Crippen LogP contribution < -0.4 is 5.32 Å². The molecule has 2 aliphatic rings. The lowest BCUT2D eigenvalue weighted by Crippen LogP contribution is -2.38. The first-order valence-electron chi connectivity index (χ1n) is 7.63. The van der Waals surface area contributed by atoms with Crippen LogP contribution in [-0.2, 0) is 0 Å². The summed E-state index contributed by atoms with van der Waals surface area (Å²) in [6.45, 7) is 3.62. The minimum Gasteiger partial charge on any atom is -0.313 e. The summed E-state index contributed by atoms with van der Waals surface area (Å²) in [6, 6.07) is 11.8. The summed E-state index contributed by atoms with van der Waals surface area (Å²) in [5, 5.41) is 3.86. The van der Waals surface area contributed by atoms with Gasteiger partial charge in [-0.3, -0.25) is 0 Å². The molecule has 4 atom stereocenters. The Morgan fingerprint density at radius 1 is 1.11 bits per heavy atom. The summed E-state index contributed by atoms with van der Waals surface area (Å²) in [5.74, 6) is 2.67. The first-order valence-corrected chi connectivity index (χ1v) is 7.63. The molecule has 0 aliphatic heterocycles. The molecule has 0 radical (unpaired) electrons. The van der Waals surface area contributed by atoms with Gasteiger partial charge in [0, 0.05) is 6.04 Å². The first-order chi connectivity index (χ1) is 8.84. The Kier molecular flexibility index (Phi) is 3.69. The van der Waals surface area contributed by atoms with Gasteiger partial charge in [-0.05, 0) is 49.1 Å². The average molecular weight is 243 g/mol. The van der Waals surface area contributed by atoms with Crippen molar-refractivity contribution in [1.82, 2.24) is 5.32 Å². The average Bonchev–Trinajstić information content (AvgIpc) is 3.14. The minimum absolute atomic E-state index is 0.717. The van der Waals surface area contributed by atoms with Crippen LogP contribution in [0, 0.1) is 11.8 Å². The third kappa shape index (κ3) is 2.77. The molecule has 18 heavy (non-hydrogen) atoms. The van der Waals surface area contributed by atoms with Crippen LogP contribution in [0.4, 0.5) is 0 Å². The van der Waals surface area contributed by atoms with Crippen molar-refractivity contribution in [2.24, 2.45) is 11.8 Å². The summed E-state index contributed by atoms with van der Waals surface area (Å²) in [5.41, 5.74) is 1.54. The lowest BCUT2D eigenvalue weighted by molar-refractivity contribution is 0.323. The molecular formula is C17H25N. The molecule has 0 heterocycles. The van der Waals surface area contributed by atoms with Crippen LogP contribution in [0.5, 0.6) is 0 Å². The molecule has 0 aromatic heterocycles. The minimum atomic E-state index is 0.717. The molecule has 1 aromatic carbocycles. The van der Waals surface area contributed by atoms with Gasteiger partial charge in [-0.15, -0.1) is 0 Å². The first kappa shape index (κ1) is 12.2. The van der Waals surface area contributed by atoms with Crippen molar-refractivity contribution >= 4 is 0 Å². The number of nitrogens with one attached hydrogen (secondary N) is 1. The van der Waals surface area contributed by atoms with E-state index in [1.807, 2.05) is 0 Å². The van der Waals surface area contributed by atoms with Gasteiger partial charge in [-0.1, -0.05) is 50.1 Å². The van der Waals surface area contributed by atoms with E-state index < -0.39 is 0 Å². The third-order valence-corrected chi connectivity index (χ3v) is 4.91. The van der Waals surface area contributed by atoms with Gasteiger partial charge in [0.15, 0.2) is 0 Å². The zero-order chi connectivity index (χ0) is 12.4. The SMILES string of the molecule is CC1CC1CNC1CCCCC1c1ccccc1. The smallest absolute Gasteiger partial charge is 0.0136 e. The summed E-state index contributed by atoms with van der Waals surface area (Å²) in [7, 11) is 0. The van der Waals surface area contributed by atoms with Crippen LogP contribution >= 0.6 is 0 Å². The molecule has 3 rings (SSSR count). The largest absolute Gasteiger partial charge is 0.313 e. The molecule has 98 valence electrons. The van der Waals surface area contributed by atoms with Crippen molar-refractivity contribution in [2.75, 3.05) is 6.54 Å². The molecule has 1 nitrogen and oxygen atoms in total. The second kappa shape index (κ2) is 5.44. The van der Waals surface area contributed by atoms with Crippen LogP contribution in [0.25, 0.3) is 0 Å². The summed E-state index contributed by atoms with van der Waals surface area (Å²) >= 11 is 0. The standard InChI is InChI=1S/C17H25N/c1-13-11-15(13)12-18-17-10-6-5-9-16(17)14-7-3-2-4-8-14/h2-4,7-8,13,15-18H,5-6,9-12H2,1H3. The maximum atomic E-state index is 3.86. The van der Waals surface area contributed by atoms with E-state index in [1.165, 1.54) is 38.6 Å². The Morgan fingerprint density at radius 3 is 2.56 bits per heavy atom. The van der Waals surface area contributed by atoms with Crippen LogP contribution in [0.2, 0.25) is 0 Å². The molecule has 1 aromatic rings. The molecule has 1 N–H and O–H groups in total. The molecule has 2 saturated carbocycles. The van der Waals surface area contributed by atoms with Gasteiger partial charge in [0.25, 0.3) is 0 Å².